The minimum absolute atomic E-state index is 0.160. The predicted molar refractivity (Wildman–Crippen MR) is 95.3 cm³/mol. The number of benzene rings is 2. The van der Waals surface area contributed by atoms with Crippen molar-refractivity contribution in [2.24, 2.45) is 0 Å². The van der Waals surface area contributed by atoms with Gasteiger partial charge in [-0.15, -0.1) is 0 Å². The van der Waals surface area contributed by atoms with E-state index in [1.165, 1.54) is 11.6 Å². The molecule has 114 valence electrons. The molecular weight excluding hydrogens is 284 g/mol. The van der Waals surface area contributed by atoms with E-state index in [0.29, 0.717) is 0 Å². The number of amides is 1. The van der Waals surface area contributed by atoms with Crippen LogP contribution in [0.25, 0.3) is 17.0 Å². The molecule has 0 radical (unpaired) electrons. The van der Waals surface area contributed by atoms with Crippen LogP contribution in [0.4, 0.5) is 5.69 Å². The molecular formula is C20H18N2O. The Labute approximate surface area is 135 Å². The molecule has 1 amide bonds. The first kappa shape index (κ1) is 15.0. The summed E-state index contributed by atoms with van der Waals surface area (Å²) in [4.78, 5) is 16.6. The Balaban J connectivity index is 1.74. The highest BCUT2D eigenvalue weighted by Crippen LogP contribution is 2.16. The third kappa shape index (κ3) is 3.64. The number of para-hydroxylation sites is 1. The van der Waals surface area contributed by atoms with E-state index < -0.39 is 0 Å². The minimum Gasteiger partial charge on any atom is -0.322 e. The first-order valence-electron chi connectivity index (χ1n) is 7.54. The Kier molecular flexibility index (Phi) is 4.20. The van der Waals surface area contributed by atoms with Gasteiger partial charge in [0.25, 0.3) is 0 Å². The number of aromatic nitrogens is 1. The zero-order valence-electron chi connectivity index (χ0n) is 13.2. The monoisotopic (exact) mass is 302 g/mol. The average Bonchev–Trinajstić information content (AvgIpc) is 2.55. The number of aryl methyl sites for hydroxylation is 2. The van der Waals surface area contributed by atoms with Crippen LogP contribution in [0.15, 0.2) is 60.7 Å². The van der Waals surface area contributed by atoms with Crippen molar-refractivity contribution in [3.8, 4) is 0 Å². The van der Waals surface area contributed by atoms with E-state index in [0.717, 1.165) is 27.8 Å². The smallest absolute Gasteiger partial charge is 0.248 e. The number of nitrogens with zero attached hydrogens (tertiary/aromatic N) is 1. The second-order valence-corrected chi connectivity index (χ2v) is 5.57. The maximum absolute atomic E-state index is 12.1. The van der Waals surface area contributed by atoms with Gasteiger partial charge >= 0.3 is 0 Å². The molecule has 3 heteroatoms. The maximum Gasteiger partial charge on any atom is 0.248 e. The second kappa shape index (κ2) is 6.44. The lowest BCUT2D eigenvalue weighted by Gasteiger charge is -2.07. The van der Waals surface area contributed by atoms with Crippen LogP contribution >= 0.6 is 0 Å². The summed E-state index contributed by atoms with van der Waals surface area (Å²) in [5.41, 5.74) is 4.74. The van der Waals surface area contributed by atoms with Crippen molar-refractivity contribution in [3.05, 3.63) is 77.5 Å². The molecule has 0 spiro atoms. The second-order valence-electron chi connectivity index (χ2n) is 5.57. The van der Waals surface area contributed by atoms with E-state index in [4.69, 9.17) is 0 Å². The average molecular weight is 302 g/mol. The fraction of sp³-hybridized carbons (Fsp3) is 0.100. The van der Waals surface area contributed by atoms with E-state index in [-0.39, 0.29) is 5.91 Å². The third-order valence-electron chi connectivity index (χ3n) is 3.67. The SMILES string of the molecule is Cc1ccc(NC(=O)C=Cc2ccc3ccccc3n2)c(C)c1. The van der Waals surface area contributed by atoms with Gasteiger partial charge in [-0.3, -0.25) is 4.79 Å². The number of carbonyl (C=O) groups is 1. The molecule has 2 aromatic carbocycles. The predicted octanol–water partition coefficient (Wildman–Crippen LogP) is 4.50. The van der Waals surface area contributed by atoms with Crippen molar-refractivity contribution in [2.45, 2.75) is 13.8 Å². The van der Waals surface area contributed by atoms with Gasteiger partial charge in [-0.25, -0.2) is 4.98 Å². The summed E-state index contributed by atoms with van der Waals surface area (Å²) < 4.78 is 0. The lowest BCUT2D eigenvalue weighted by molar-refractivity contribution is -0.111. The van der Waals surface area contributed by atoms with E-state index in [2.05, 4.69) is 10.3 Å². The standard InChI is InChI=1S/C20H18N2O/c1-14-7-11-18(15(2)13-14)22-20(23)12-10-17-9-8-16-5-3-4-6-19(16)21-17/h3-13H,1-2H3,(H,22,23). The first-order chi connectivity index (χ1) is 11.1. The third-order valence-corrected chi connectivity index (χ3v) is 3.67. The van der Waals surface area contributed by atoms with E-state index >= 15 is 0 Å². The minimum atomic E-state index is -0.160. The van der Waals surface area contributed by atoms with Crippen LogP contribution in [0.3, 0.4) is 0 Å². The van der Waals surface area contributed by atoms with Crippen molar-refractivity contribution >= 4 is 28.6 Å². The highest BCUT2D eigenvalue weighted by molar-refractivity contribution is 6.02. The maximum atomic E-state index is 12.1. The fourth-order valence-corrected chi connectivity index (χ4v) is 2.46. The van der Waals surface area contributed by atoms with E-state index in [1.807, 2.05) is 68.4 Å². The molecule has 3 rings (SSSR count). The summed E-state index contributed by atoms with van der Waals surface area (Å²) >= 11 is 0. The molecule has 0 saturated heterocycles. The number of anilines is 1. The number of rotatable bonds is 3. The van der Waals surface area contributed by atoms with Crippen molar-refractivity contribution in [2.75, 3.05) is 5.32 Å². The summed E-state index contributed by atoms with van der Waals surface area (Å²) in [7, 11) is 0. The molecule has 0 unspecified atom stereocenters. The van der Waals surface area contributed by atoms with Gasteiger partial charge in [0.1, 0.15) is 0 Å². The van der Waals surface area contributed by atoms with E-state index in [1.54, 1.807) is 6.08 Å². The van der Waals surface area contributed by atoms with Crippen LogP contribution in [-0.4, -0.2) is 10.9 Å². The van der Waals surface area contributed by atoms with Crippen molar-refractivity contribution in [3.63, 3.8) is 0 Å². The number of pyridine rings is 1. The Morgan fingerprint density at radius 2 is 1.87 bits per heavy atom. The summed E-state index contributed by atoms with van der Waals surface area (Å²) in [5.74, 6) is -0.160. The van der Waals surface area contributed by atoms with Crippen LogP contribution < -0.4 is 5.32 Å². The number of hydrogen-bond donors (Lipinski definition) is 1. The zero-order chi connectivity index (χ0) is 16.2. The van der Waals surface area contributed by atoms with Crippen molar-refractivity contribution < 1.29 is 4.79 Å². The molecule has 0 saturated carbocycles. The van der Waals surface area contributed by atoms with E-state index in [9.17, 15) is 4.79 Å². The van der Waals surface area contributed by atoms with Crippen LogP contribution in [-0.2, 0) is 4.79 Å². The number of fused-ring (bicyclic) bond motifs is 1. The quantitative estimate of drug-likeness (QED) is 0.724. The molecule has 0 bridgehead atoms. The molecule has 1 N–H and O–H groups in total. The summed E-state index contributed by atoms with van der Waals surface area (Å²) in [5, 5.41) is 3.98. The van der Waals surface area contributed by atoms with Gasteiger partial charge in [0.15, 0.2) is 0 Å². The lowest BCUT2D eigenvalue weighted by atomic mass is 10.1. The molecule has 0 aliphatic carbocycles. The molecule has 0 fully saturated rings. The molecule has 23 heavy (non-hydrogen) atoms. The first-order valence-corrected chi connectivity index (χ1v) is 7.54. The largest absolute Gasteiger partial charge is 0.322 e. The normalized spacial score (nSPS) is 11.0. The summed E-state index contributed by atoms with van der Waals surface area (Å²) in [6, 6.07) is 17.8. The zero-order valence-corrected chi connectivity index (χ0v) is 13.2. The Morgan fingerprint density at radius 1 is 1.04 bits per heavy atom. The molecule has 1 aromatic heterocycles. The number of carbonyl (C=O) groups excluding carboxylic acids is 1. The van der Waals surface area contributed by atoms with Crippen molar-refractivity contribution in [1.82, 2.24) is 4.98 Å². The highest BCUT2D eigenvalue weighted by atomic mass is 16.1. The lowest BCUT2D eigenvalue weighted by Crippen LogP contribution is -2.09. The van der Waals surface area contributed by atoms with Crippen LogP contribution in [0.5, 0.6) is 0 Å². The molecule has 0 aliphatic rings. The molecule has 1 heterocycles. The Bertz CT molecular complexity index is 897. The molecule has 0 aliphatic heterocycles. The van der Waals surface area contributed by atoms with Crippen molar-refractivity contribution in [1.29, 1.82) is 0 Å². The Hall–Kier alpha value is -2.94. The summed E-state index contributed by atoms with van der Waals surface area (Å²) in [6.45, 7) is 4.01. The Morgan fingerprint density at radius 3 is 2.70 bits per heavy atom. The number of nitrogens with one attached hydrogen (secondary N) is 1. The summed E-state index contributed by atoms with van der Waals surface area (Å²) in [6.07, 6.45) is 3.24. The molecule has 3 nitrogen and oxygen atoms in total. The van der Waals surface area contributed by atoms with Gasteiger partial charge in [-0.05, 0) is 43.7 Å². The van der Waals surface area contributed by atoms with Gasteiger partial charge in [0, 0.05) is 17.1 Å². The highest BCUT2D eigenvalue weighted by Gasteiger charge is 2.02. The topological polar surface area (TPSA) is 42.0 Å². The van der Waals surface area contributed by atoms with Crippen LogP contribution in [0.1, 0.15) is 16.8 Å². The molecule has 0 atom stereocenters. The van der Waals surface area contributed by atoms with Crippen LogP contribution in [0.2, 0.25) is 0 Å². The van der Waals surface area contributed by atoms with Gasteiger partial charge in [-0.2, -0.15) is 0 Å². The van der Waals surface area contributed by atoms with Gasteiger partial charge < -0.3 is 5.32 Å². The van der Waals surface area contributed by atoms with Crippen LogP contribution in [0, 0.1) is 13.8 Å². The van der Waals surface area contributed by atoms with Gasteiger partial charge in [0.05, 0.1) is 11.2 Å². The molecule has 3 aromatic rings. The van der Waals surface area contributed by atoms with Gasteiger partial charge in [0.2, 0.25) is 5.91 Å². The number of hydrogen-bond acceptors (Lipinski definition) is 2. The fourth-order valence-electron chi connectivity index (χ4n) is 2.46. The van der Waals surface area contributed by atoms with Gasteiger partial charge in [-0.1, -0.05) is 42.0 Å².